The number of hydrogen-bond donors (Lipinski definition) is 1. The van der Waals surface area contributed by atoms with Crippen molar-refractivity contribution >= 4 is 10.9 Å². The van der Waals surface area contributed by atoms with Gasteiger partial charge in [0.2, 0.25) is 0 Å². The van der Waals surface area contributed by atoms with Gasteiger partial charge in [-0.1, -0.05) is 30.3 Å². The van der Waals surface area contributed by atoms with Gasteiger partial charge in [0.15, 0.2) is 0 Å². The summed E-state index contributed by atoms with van der Waals surface area (Å²) in [5.41, 5.74) is 1.68. The molecule has 0 unspecified atom stereocenters. The number of para-hydroxylation sites is 1. The van der Waals surface area contributed by atoms with Crippen molar-refractivity contribution < 1.29 is 9.13 Å². The van der Waals surface area contributed by atoms with Crippen molar-refractivity contribution in [1.82, 2.24) is 9.97 Å². The first-order valence-electron chi connectivity index (χ1n) is 8.55. The lowest BCUT2D eigenvalue weighted by Gasteiger charge is -2.09. The molecule has 3 aromatic carbocycles. The van der Waals surface area contributed by atoms with Gasteiger partial charge in [0, 0.05) is 11.1 Å². The van der Waals surface area contributed by atoms with Crippen molar-refractivity contribution in [3.05, 3.63) is 94.0 Å². The molecule has 5 nitrogen and oxygen atoms in total. The van der Waals surface area contributed by atoms with Crippen LogP contribution in [0.3, 0.4) is 0 Å². The fourth-order valence-corrected chi connectivity index (χ4v) is 2.85. The molecule has 28 heavy (non-hydrogen) atoms. The smallest absolute Gasteiger partial charge is 0.259 e. The van der Waals surface area contributed by atoms with E-state index in [0.29, 0.717) is 33.6 Å². The molecule has 0 radical (unpaired) electrons. The maximum Gasteiger partial charge on any atom is 0.259 e. The molecule has 0 spiro atoms. The molecule has 6 heteroatoms. The number of H-pyrrole nitrogens is 1. The van der Waals surface area contributed by atoms with Gasteiger partial charge in [-0.25, -0.2) is 9.37 Å². The van der Waals surface area contributed by atoms with Crippen LogP contribution in [0.2, 0.25) is 0 Å². The molecule has 1 N–H and O–H groups in total. The van der Waals surface area contributed by atoms with Crippen molar-refractivity contribution in [1.29, 1.82) is 5.26 Å². The molecule has 1 heterocycles. The molecule has 4 rings (SSSR count). The first kappa shape index (κ1) is 17.4. The predicted octanol–water partition coefficient (Wildman–Crippen LogP) is 4.18. The Balaban J connectivity index is 1.60. The first-order chi connectivity index (χ1) is 13.6. The van der Waals surface area contributed by atoms with Crippen LogP contribution in [0, 0.1) is 17.1 Å². The zero-order chi connectivity index (χ0) is 19.5. The number of nitrogens with zero attached hydrogens (tertiary/aromatic N) is 2. The average molecular weight is 371 g/mol. The summed E-state index contributed by atoms with van der Waals surface area (Å²) in [6.45, 7) is 0.0165. The van der Waals surface area contributed by atoms with Gasteiger partial charge >= 0.3 is 0 Å². The van der Waals surface area contributed by atoms with Crippen molar-refractivity contribution in [3.63, 3.8) is 0 Å². The van der Waals surface area contributed by atoms with Crippen LogP contribution >= 0.6 is 0 Å². The summed E-state index contributed by atoms with van der Waals surface area (Å²) in [5, 5.41) is 9.33. The van der Waals surface area contributed by atoms with Crippen molar-refractivity contribution in [2.75, 3.05) is 0 Å². The number of hydrogen-bond acceptors (Lipinski definition) is 4. The first-order valence-corrected chi connectivity index (χ1v) is 8.55. The van der Waals surface area contributed by atoms with Crippen molar-refractivity contribution in [2.45, 2.75) is 6.61 Å². The Morgan fingerprint density at radius 3 is 2.75 bits per heavy atom. The number of benzene rings is 3. The molecular formula is C22H14FN3O2. The molecule has 0 saturated heterocycles. The van der Waals surface area contributed by atoms with Crippen LogP contribution in [-0.4, -0.2) is 9.97 Å². The number of nitriles is 1. The van der Waals surface area contributed by atoms with E-state index < -0.39 is 5.82 Å². The number of aromatic amines is 1. The highest BCUT2D eigenvalue weighted by Gasteiger charge is 2.08. The maximum atomic E-state index is 14.0. The second kappa shape index (κ2) is 7.33. The van der Waals surface area contributed by atoms with E-state index in [-0.39, 0.29) is 17.7 Å². The molecule has 0 bridgehead atoms. The van der Waals surface area contributed by atoms with Gasteiger partial charge in [-0.3, -0.25) is 4.79 Å². The lowest BCUT2D eigenvalue weighted by Crippen LogP contribution is -2.09. The fourth-order valence-electron chi connectivity index (χ4n) is 2.85. The highest BCUT2D eigenvalue weighted by atomic mass is 19.1. The van der Waals surface area contributed by atoms with E-state index in [1.54, 1.807) is 42.5 Å². The monoisotopic (exact) mass is 371 g/mol. The normalized spacial score (nSPS) is 10.6. The van der Waals surface area contributed by atoms with Gasteiger partial charge < -0.3 is 9.72 Å². The van der Waals surface area contributed by atoms with Gasteiger partial charge in [0.05, 0.1) is 22.5 Å². The molecule has 0 saturated carbocycles. The van der Waals surface area contributed by atoms with Crippen LogP contribution in [-0.2, 0) is 6.61 Å². The molecule has 0 aliphatic heterocycles. The van der Waals surface area contributed by atoms with Crippen LogP contribution in [0.15, 0.2) is 71.5 Å². The van der Waals surface area contributed by atoms with Gasteiger partial charge in [-0.15, -0.1) is 0 Å². The number of nitrogens with one attached hydrogen (secondary N) is 1. The molecule has 4 aromatic rings. The van der Waals surface area contributed by atoms with Crippen LogP contribution < -0.4 is 10.3 Å². The topological polar surface area (TPSA) is 78.8 Å². The van der Waals surface area contributed by atoms with Gasteiger partial charge in [0.1, 0.15) is 24.0 Å². The summed E-state index contributed by atoms with van der Waals surface area (Å²) in [5.74, 6) is 0.450. The Kier molecular flexibility index (Phi) is 4.56. The van der Waals surface area contributed by atoms with Crippen LogP contribution in [0.25, 0.3) is 22.3 Å². The Morgan fingerprint density at radius 2 is 1.93 bits per heavy atom. The zero-order valence-corrected chi connectivity index (χ0v) is 14.6. The van der Waals surface area contributed by atoms with Gasteiger partial charge in [-0.2, -0.15) is 5.26 Å². The Hall–Kier alpha value is -3.98. The number of aromatic nitrogens is 2. The Labute approximate surface area is 159 Å². The molecular weight excluding hydrogens is 357 g/mol. The Bertz CT molecular complexity index is 1270. The summed E-state index contributed by atoms with van der Waals surface area (Å²) in [6, 6.07) is 20.3. The largest absolute Gasteiger partial charge is 0.489 e. The van der Waals surface area contributed by atoms with E-state index in [1.807, 2.05) is 18.2 Å². The van der Waals surface area contributed by atoms with E-state index in [1.165, 1.54) is 12.1 Å². The highest BCUT2D eigenvalue weighted by molar-refractivity contribution is 5.79. The number of rotatable bonds is 4. The lowest BCUT2D eigenvalue weighted by molar-refractivity contribution is 0.300. The SMILES string of the molecule is N#Cc1ccc(COc2cccc(-c3nc4ccccc4c(=O)[nH]3)c2)c(F)c1. The average Bonchev–Trinajstić information content (AvgIpc) is 2.73. The van der Waals surface area contributed by atoms with Crippen molar-refractivity contribution in [2.24, 2.45) is 0 Å². The minimum atomic E-state index is -0.490. The minimum absolute atomic E-state index is 0.0165. The van der Waals surface area contributed by atoms with E-state index in [4.69, 9.17) is 10.00 Å². The Morgan fingerprint density at radius 1 is 1.07 bits per heavy atom. The quantitative estimate of drug-likeness (QED) is 0.584. The second-order valence-electron chi connectivity index (χ2n) is 6.17. The molecule has 0 aliphatic carbocycles. The third-order valence-electron chi connectivity index (χ3n) is 4.30. The van der Waals surface area contributed by atoms with E-state index in [9.17, 15) is 9.18 Å². The summed E-state index contributed by atoms with van der Waals surface area (Å²) in [6.07, 6.45) is 0. The third kappa shape index (κ3) is 3.46. The van der Waals surface area contributed by atoms with Crippen LogP contribution in [0.5, 0.6) is 5.75 Å². The van der Waals surface area contributed by atoms with Crippen LogP contribution in [0.4, 0.5) is 4.39 Å². The zero-order valence-electron chi connectivity index (χ0n) is 14.6. The van der Waals surface area contributed by atoms with Crippen molar-refractivity contribution in [3.8, 4) is 23.2 Å². The van der Waals surface area contributed by atoms with E-state index in [2.05, 4.69) is 9.97 Å². The van der Waals surface area contributed by atoms with E-state index >= 15 is 0 Å². The molecule has 0 amide bonds. The maximum absolute atomic E-state index is 14.0. The fraction of sp³-hybridized carbons (Fsp3) is 0.0455. The van der Waals surface area contributed by atoms with E-state index in [0.717, 1.165) is 0 Å². The molecule has 0 aliphatic rings. The summed E-state index contributed by atoms with van der Waals surface area (Å²) in [4.78, 5) is 19.5. The predicted molar refractivity (Wildman–Crippen MR) is 103 cm³/mol. The molecule has 1 aromatic heterocycles. The second-order valence-corrected chi connectivity index (χ2v) is 6.17. The van der Waals surface area contributed by atoms with Crippen LogP contribution in [0.1, 0.15) is 11.1 Å². The molecule has 0 atom stereocenters. The third-order valence-corrected chi connectivity index (χ3v) is 4.30. The van der Waals surface area contributed by atoms with Gasteiger partial charge in [0.25, 0.3) is 5.56 Å². The lowest BCUT2D eigenvalue weighted by atomic mass is 10.1. The number of ether oxygens (including phenoxy) is 1. The standard InChI is InChI=1S/C22H14FN3O2/c23-19-10-14(12-24)8-9-16(19)13-28-17-5-3-4-15(11-17)21-25-20-7-2-1-6-18(20)22(27)26-21/h1-11H,13H2,(H,25,26,27). The minimum Gasteiger partial charge on any atom is -0.489 e. The molecule has 0 fully saturated rings. The summed E-state index contributed by atoms with van der Waals surface area (Å²) < 4.78 is 19.7. The number of fused-ring (bicyclic) bond motifs is 1. The molecule has 136 valence electrons. The summed E-state index contributed by atoms with van der Waals surface area (Å²) >= 11 is 0. The van der Waals surface area contributed by atoms with Gasteiger partial charge in [-0.05, 0) is 36.4 Å². The summed E-state index contributed by atoms with van der Waals surface area (Å²) in [7, 11) is 0. The highest BCUT2D eigenvalue weighted by Crippen LogP contribution is 2.23. The number of halogens is 1.